The van der Waals surface area contributed by atoms with Crippen LogP contribution in [0.5, 0.6) is 0 Å². The molecule has 31 heavy (non-hydrogen) atoms. The van der Waals surface area contributed by atoms with Crippen molar-refractivity contribution in [2.45, 2.75) is 45.8 Å². The lowest BCUT2D eigenvalue weighted by molar-refractivity contribution is -0.138. The van der Waals surface area contributed by atoms with E-state index >= 15 is 0 Å². The molecule has 2 aromatic heterocycles. The number of hydrogen-bond acceptors (Lipinski definition) is 5. The van der Waals surface area contributed by atoms with E-state index < -0.39 is 11.9 Å². The van der Waals surface area contributed by atoms with Gasteiger partial charge in [0.1, 0.15) is 5.82 Å². The summed E-state index contributed by atoms with van der Waals surface area (Å²) in [5.74, 6) is -0.847. The Hall–Kier alpha value is -2.97. The number of aromatic carboxylic acids is 1. The SMILES string of the molecule is CCCCc1ncc(CN(CC(=O)O)Cc2cccs2)n1Cc1ccc(C(=O)O)cc1. The van der Waals surface area contributed by atoms with Crippen molar-refractivity contribution < 1.29 is 19.8 Å². The van der Waals surface area contributed by atoms with Crippen molar-refractivity contribution in [1.29, 1.82) is 0 Å². The average Bonchev–Trinajstić information content (AvgIpc) is 3.37. The highest BCUT2D eigenvalue weighted by Crippen LogP contribution is 2.18. The van der Waals surface area contributed by atoms with Crippen LogP contribution in [0.25, 0.3) is 0 Å². The largest absolute Gasteiger partial charge is 0.480 e. The second kappa shape index (κ2) is 10.9. The Kier molecular flexibility index (Phi) is 7.97. The molecule has 0 spiro atoms. The van der Waals surface area contributed by atoms with Crippen LogP contribution < -0.4 is 0 Å². The molecule has 0 fully saturated rings. The number of imidazole rings is 1. The van der Waals surface area contributed by atoms with E-state index in [1.807, 2.05) is 40.7 Å². The molecule has 0 saturated carbocycles. The van der Waals surface area contributed by atoms with Crippen LogP contribution in [0, 0.1) is 0 Å². The number of nitrogens with zero attached hydrogens (tertiary/aromatic N) is 3. The Morgan fingerprint density at radius 1 is 1.13 bits per heavy atom. The van der Waals surface area contributed by atoms with Crippen LogP contribution in [-0.4, -0.2) is 43.1 Å². The van der Waals surface area contributed by atoms with Crippen LogP contribution in [0.15, 0.2) is 48.0 Å². The van der Waals surface area contributed by atoms with Crippen molar-refractivity contribution in [3.8, 4) is 0 Å². The molecule has 2 N–H and O–H groups in total. The molecule has 0 atom stereocenters. The molecule has 0 aliphatic carbocycles. The van der Waals surface area contributed by atoms with Gasteiger partial charge in [-0.2, -0.15) is 0 Å². The maximum absolute atomic E-state index is 11.4. The van der Waals surface area contributed by atoms with Gasteiger partial charge in [-0.3, -0.25) is 9.69 Å². The first kappa shape index (κ1) is 22.7. The quantitative estimate of drug-likeness (QED) is 0.439. The number of thiophene rings is 1. The lowest BCUT2D eigenvalue weighted by Gasteiger charge is -2.21. The van der Waals surface area contributed by atoms with Gasteiger partial charge in [-0.05, 0) is 35.6 Å². The summed E-state index contributed by atoms with van der Waals surface area (Å²) in [6.07, 6.45) is 4.74. The van der Waals surface area contributed by atoms with Crippen molar-refractivity contribution in [1.82, 2.24) is 14.5 Å². The lowest BCUT2D eigenvalue weighted by atomic mass is 10.1. The molecular weight excluding hydrogens is 414 g/mol. The van der Waals surface area contributed by atoms with Crippen molar-refractivity contribution in [2.75, 3.05) is 6.54 Å². The molecule has 0 unspecified atom stereocenters. The van der Waals surface area contributed by atoms with E-state index in [4.69, 9.17) is 5.11 Å². The molecule has 8 heteroatoms. The van der Waals surface area contributed by atoms with Gasteiger partial charge in [0.15, 0.2) is 0 Å². The average molecular weight is 442 g/mol. The van der Waals surface area contributed by atoms with E-state index in [-0.39, 0.29) is 12.1 Å². The van der Waals surface area contributed by atoms with Gasteiger partial charge in [0.2, 0.25) is 0 Å². The summed E-state index contributed by atoms with van der Waals surface area (Å²) in [6.45, 7) is 3.67. The summed E-state index contributed by atoms with van der Waals surface area (Å²) in [6, 6.07) is 10.8. The molecule has 1 aromatic carbocycles. The van der Waals surface area contributed by atoms with Crippen LogP contribution in [0.2, 0.25) is 0 Å². The molecule has 0 aliphatic rings. The van der Waals surface area contributed by atoms with Crippen LogP contribution in [0.3, 0.4) is 0 Å². The highest BCUT2D eigenvalue weighted by atomic mass is 32.1. The third-order valence-corrected chi connectivity index (χ3v) is 5.88. The number of rotatable bonds is 12. The van der Waals surface area contributed by atoms with Gasteiger partial charge < -0.3 is 14.8 Å². The van der Waals surface area contributed by atoms with Gasteiger partial charge >= 0.3 is 11.9 Å². The van der Waals surface area contributed by atoms with E-state index in [2.05, 4.69) is 16.5 Å². The highest BCUT2D eigenvalue weighted by Gasteiger charge is 2.17. The van der Waals surface area contributed by atoms with Crippen molar-refractivity contribution in [3.63, 3.8) is 0 Å². The molecule has 3 rings (SSSR count). The number of aryl methyl sites for hydroxylation is 1. The summed E-state index contributed by atoms with van der Waals surface area (Å²) in [7, 11) is 0. The fourth-order valence-corrected chi connectivity index (χ4v) is 4.20. The molecule has 0 amide bonds. The van der Waals surface area contributed by atoms with Gasteiger partial charge in [-0.25, -0.2) is 9.78 Å². The monoisotopic (exact) mass is 441 g/mol. The molecule has 0 aliphatic heterocycles. The Balaban J connectivity index is 1.84. The summed E-state index contributed by atoms with van der Waals surface area (Å²) < 4.78 is 2.13. The predicted molar refractivity (Wildman–Crippen MR) is 119 cm³/mol. The standard InChI is InChI=1S/C23H27N3O4S/c1-2-3-6-21-24-12-19(14-25(16-22(27)28)15-20-5-4-11-31-20)26(21)13-17-7-9-18(10-8-17)23(29)30/h4-5,7-12H,2-3,6,13-16H2,1H3,(H,27,28)(H,29,30). The van der Waals surface area contributed by atoms with E-state index in [0.29, 0.717) is 19.6 Å². The summed E-state index contributed by atoms with van der Waals surface area (Å²) in [5, 5.41) is 20.5. The number of aliphatic carboxylic acids is 1. The summed E-state index contributed by atoms with van der Waals surface area (Å²) in [4.78, 5) is 30.2. The summed E-state index contributed by atoms with van der Waals surface area (Å²) >= 11 is 1.61. The Morgan fingerprint density at radius 3 is 2.52 bits per heavy atom. The van der Waals surface area contributed by atoms with Gasteiger partial charge in [0.25, 0.3) is 0 Å². The van der Waals surface area contributed by atoms with E-state index in [0.717, 1.165) is 41.2 Å². The third kappa shape index (κ3) is 6.50. The molecule has 0 saturated heterocycles. The zero-order valence-electron chi connectivity index (χ0n) is 17.5. The van der Waals surface area contributed by atoms with Gasteiger partial charge in [-0.15, -0.1) is 11.3 Å². The van der Waals surface area contributed by atoms with Gasteiger partial charge in [-0.1, -0.05) is 31.5 Å². The molecule has 0 radical (unpaired) electrons. The number of carbonyl (C=O) groups is 2. The third-order valence-electron chi connectivity index (χ3n) is 5.02. The minimum atomic E-state index is -0.948. The fraction of sp³-hybridized carbons (Fsp3) is 0.348. The smallest absolute Gasteiger partial charge is 0.335 e. The summed E-state index contributed by atoms with van der Waals surface area (Å²) in [5.41, 5.74) is 2.18. The van der Waals surface area contributed by atoms with E-state index in [1.165, 1.54) is 0 Å². The molecular formula is C23H27N3O4S. The minimum absolute atomic E-state index is 0.0549. The predicted octanol–water partition coefficient (Wildman–Crippen LogP) is 4.12. The number of benzene rings is 1. The molecule has 0 bridgehead atoms. The zero-order chi connectivity index (χ0) is 22.2. The van der Waals surface area contributed by atoms with Crippen molar-refractivity contribution in [3.05, 3.63) is 75.5 Å². The number of carboxylic acid groups (broad SMARTS) is 2. The number of aromatic nitrogens is 2. The molecule has 7 nitrogen and oxygen atoms in total. The second-order valence-corrected chi connectivity index (χ2v) is 8.51. The maximum Gasteiger partial charge on any atom is 0.335 e. The van der Waals surface area contributed by atoms with Gasteiger partial charge in [0, 0.05) is 37.1 Å². The van der Waals surface area contributed by atoms with Crippen LogP contribution in [-0.2, 0) is 30.8 Å². The first-order chi connectivity index (χ1) is 15.0. The highest BCUT2D eigenvalue weighted by molar-refractivity contribution is 7.09. The van der Waals surface area contributed by atoms with Crippen molar-refractivity contribution >= 4 is 23.3 Å². The zero-order valence-corrected chi connectivity index (χ0v) is 18.3. The fourth-order valence-electron chi connectivity index (χ4n) is 3.45. The van der Waals surface area contributed by atoms with E-state index in [9.17, 15) is 14.7 Å². The van der Waals surface area contributed by atoms with E-state index in [1.54, 1.807) is 23.5 Å². The normalized spacial score (nSPS) is 11.2. The minimum Gasteiger partial charge on any atom is -0.480 e. The van der Waals surface area contributed by atoms with Gasteiger partial charge in [0.05, 0.1) is 17.8 Å². The number of carboxylic acids is 2. The van der Waals surface area contributed by atoms with Crippen molar-refractivity contribution in [2.24, 2.45) is 0 Å². The maximum atomic E-state index is 11.4. The van der Waals surface area contributed by atoms with Crippen LogP contribution in [0.1, 0.15) is 52.1 Å². The first-order valence-electron chi connectivity index (χ1n) is 10.3. The Morgan fingerprint density at radius 2 is 1.90 bits per heavy atom. The second-order valence-electron chi connectivity index (χ2n) is 7.48. The molecule has 164 valence electrons. The first-order valence-corrected chi connectivity index (χ1v) is 11.2. The molecule has 3 aromatic rings. The Labute approximate surface area is 185 Å². The van der Waals surface area contributed by atoms with Crippen LogP contribution >= 0.6 is 11.3 Å². The molecule has 2 heterocycles. The number of unbranched alkanes of at least 4 members (excludes halogenated alkanes) is 1. The number of hydrogen-bond donors (Lipinski definition) is 2. The lowest BCUT2D eigenvalue weighted by Crippen LogP contribution is -2.29. The van der Waals surface area contributed by atoms with Crippen LogP contribution in [0.4, 0.5) is 0 Å². The Bertz CT molecular complexity index is 997. The topological polar surface area (TPSA) is 95.7 Å².